The number of esters is 1. The maximum absolute atomic E-state index is 12.6. The first-order valence-corrected chi connectivity index (χ1v) is 9.38. The van der Waals surface area contributed by atoms with E-state index in [1.807, 2.05) is 20.8 Å². The molecule has 0 radical (unpaired) electrons. The molecule has 6 nitrogen and oxygen atoms in total. The Hall–Kier alpha value is -3.28. The summed E-state index contributed by atoms with van der Waals surface area (Å²) in [4.78, 5) is 25.2. The van der Waals surface area contributed by atoms with E-state index >= 15 is 0 Å². The van der Waals surface area contributed by atoms with Gasteiger partial charge in [0, 0.05) is 6.07 Å². The molecule has 0 aliphatic rings. The third kappa shape index (κ3) is 4.96. The number of carbonyl (C=O) groups is 1. The van der Waals surface area contributed by atoms with Crippen LogP contribution >= 0.6 is 0 Å². The molecule has 1 aromatic heterocycles. The second-order valence-electron chi connectivity index (χ2n) is 7.84. The van der Waals surface area contributed by atoms with Gasteiger partial charge in [0.1, 0.15) is 16.9 Å². The van der Waals surface area contributed by atoms with E-state index in [4.69, 9.17) is 18.6 Å². The normalized spacial score (nSPS) is 11.5. The fraction of sp³-hybridized carbons (Fsp3) is 0.304. The molecule has 1 heterocycles. The van der Waals surface area contributed by atoms with Crippen molar-refractivity contribution in [1.82, 2.24) is 0 Å². The van der Waals surface area contributed by atoms with E-state index in [0.29, 0.717) is 16.7 Å². The first kappa shape index (κ1) is 20.5. The molecule has 0 fully saturated rings. The van der Waals surface area contributed by atoms with Gasteiger partial charge in [-0.2, -0.15) is 0 Å². The van der Waals surface area contributed by atoms with Crippen molar-refractivity contribution in [3.8, 4) is 17.2 Å². The summed E-state index contributed by atoms with van der Waals surface area (Å²) in [5.41, 5.74) is -0.548. The fourth-order valence-electron chi connectivity index (χ4n) is 2.72. The van der Waals surface area contributed by atoms with E-state index in [-0.39, 0.29) is 23.2 Å². The molecular weight excluding hydrogens is 372 g/mol. The van der Waals surface area contributed by atoms with Crippen LogP contribution < -0.4 is 19.8 Å². The first-order chi connectivity index (χ1) is 13.6. The molecular formula is C23H24O6. The van der Waals surface area contributed by atoms with Gasteiger partial charge in [0.25, 0.3) is 0 Å². The van der Waals surface area contributed by atoms with Crippen LogP contribution in [0.3, 0.4) is 0 Å². The lowest BCUT2D eigenvalue weighted by Crippen LogP contribution is -2.23. The van der Waals surface area contributed by atoms with E-state index in [9.17, 15) is 9.59 Å². The maximum Gasteiger partial charge on any atom is 0.383 e. The molecule has 3 rings (SSSR count). The van der Waals surface area contributed by atoms with Crippen molar-refractivity contribution < 1.29 is 23.4 Å². The SMILES string of the molecule is CC(C)Oc1c(OC(=O)c2ccccc2)c2ccc(OC(C)(C)C)cc2oc1=O. The van der Waals surface area contributed by atoms with E-state index in [1.165, 1.54) is 0 Å². The smallest absolute Gasteiger partial charge is 0.383 e. The number of fused-ring (bicyclic) bond motifs is 1. The topological polar surface area (TPSA) is 75.0 Å². The van der Waals surface area contributed by atoms with Gasteiger partial charge >= 0.3 is 11.6 Å². The lowest BCUT2D eigenvalue weighted by molar-refractivity contribution is 0.0726. The molecule has 0 unspecified atom stereocenters. The van der Waals surface area contributed by atoms with Gasteiger partial charge in [-0.05, 0) is 58.9 Å². The summed E-state index contributed by atoms with van der Waals surface area (Å²) < 4.78 is 22.5. The minimum Gasteiger partial charge on any atom is -0.488 e. The van der Waals surface area contributed by atoms with Crippen LogP contribution in [0.4, 0.5) is 0 Å². The van der Waals surface area contributed by atoms with Crippen molar-refractivity contribution in [2.24, 2.45) is 0 Å². The Labute approximate surface area is 169 Å². The Kier molecular flexibility index (Phi) is 5.64. The van der Waals surface area contributed by atoms with Crippen molar-refractivity contribution in [3.05, 3.63) is 64.5 Å². The number of ether oxygens (including phenoxy) is 3. The monoisotopic (exact) mass is 396 g/mol. The minimum atomic E-state index is -0.727. The predicted octanol–water partition coefficient (Wildman–Crippen LogP) is 4.98. The number of hydrogen-bond donors (Lipinski definition) is 0. The molecule has 29 heavy (non-hydrogen) atoms. The molecule has 0 aliphatic carbocycles. The van der Waals surface area contributed by atoms with Crippen LogP contribution in [-0.2, 0) is 0 Å². The summed E-state index contributed by atoms with van der Waals surface area (Å²) in [6.07, 6.45) is -0.312. The van der Waals surface area contributed by atoms with E-state index in [0.717, 1.165) is 0 Å². The molecule has 6 heteroatoms. The summed E-state index contributed by atoms with van der Waals surface area (Å²) in [6.45, 7) is 9.29. The molecule has 0 amide bonds. The predicted molar refractivity (Wildman–Crippen MR) is 110 cm³/mol. The second kappa shape index (κ2) is 7.99. The summed E-state index contributed by atoms with van der Waals surface area (Å²) in [7, 11) is 0. The quantitative estimate of drug-likeness (QED) is 0.447. The number of hydrogen-bond acceptors (Lipinski definition) is 6. The number of benzene rings is 2. The van der Waals surface area contributed by atoms with Crippen LogP contribution in [0.1, 0.15) is 45.0 Å². The van der Waals surface area contributed by atoms with Crippen LogP contribution in [0.2, 0.25) is 0 Å². The van der Waals surface area contributed by atoms with E-state index < -0.39 is 17.2 Å². The summed E-state index contributed by atoms with van der Waals surface area (Å²) in [5.74, 6) is -0.172. The average Bonchev–Trinajstić information content (AvgIpc) is 2.63. The highest BCUT2D eigenvalue weighted by molar-refractivity contribution is 5.95. The summed E-state index contributed by atoms with van der Waals surface area (Å²) >= 11 is 0. The largest absolute Gasteiger partial charge is 0.488 e. The Balaban J connectivity index is 2.12. The van der Waals surface area contributed by atoms with Gasteiger partial charge < -0.3 is 18.6 Å². The van der Waals surface area contributed by atoms with Gasteiger partial charge in [-0.3, -0.25) is 0 Å². The minimum absolute atomic E-state index is 0.0288. The van der Waals surface area contributed by atoms with Crippen LogP contribution in [-0.4, -0.2) is 17.7 Å². The third-order valence-electron chi connectivity index (χ3n) is 3.77. The average molecular weight is 396 g/mol. The fourth-order valence-corrected chi connectivity index (χ4v) is 2.72. The first-order valence-electron chi connectivity index (χ1n) is 9.38. The number of rotatable bonds is 5. The van der Waals surface area contributed by atoms with Gasteiger partial charge in [-0.1, -0.05) is 18.2 Å². The van der Waals surface area contributed by atoms with Crippen LogP contribution in [0, 0.1) is 0 Å². The lowest BCUT2D eigenvalue weighted by atomic mass is 10.1. The molecule has 3 aromatic rings. The second-order valence-corrected chi connectivity index (χ2v) is 7.84. The molecule has 0 aliphatic heterocycles. The zero-order chi connectivity index (χ0) is 21.2. The van der Waals surface area contributed by atoms with Gasteiger partial charge in [0.05, 0.1) is 17.1 Å². The summed E-state index contributed by atoms with van der Waals surface area (Å²) in [5, 5.41) is 0.436. The van der Waals surface area contributed by atoms with Crippen molar-refractivity contribution >= 4 is 16.9 Å². The molecule has 0 atom stereocenters. The third-order valence-corrected chi connectivity index (χ3v) is 3.77. The highest BCUT2D eigenvalue weighted by Crippen LogP contribution is 2.36. The van der Waals surface area contributed by atoms with Crippen LogP contribution in [0.5, 0.6) is 17.2 Å². The molecule has 0 N–H and O–H groups in total. The van der Waals surface area contributed by atoms with E-state index in [2.05, 4.69) is 0 Å². The number of carbonyl (C=O) groups excluding carboxylic acids is 1. The van der Waals surface area contributed by atoms with Crippen LogP contribution in [0.25, 0.3) is 11.0 Å². The Bertz CT molecular complexity index is 1070. The van der Waals surface area contributed by atoms with Crippen molar-refractivity contribution in [2.75, 3.05) is 0 Å². The standard InChI is InChI=1S/C23H24O6/c1-14(2)26-20-19(28-21(24)15-9-7-6-8-10-15)17-12-11-16(29-23(3,4)5)13-18(17)27-22(20)25/h6-14H,1-5H3. The Morgan fingerprint density at radius 3 is 2.31 bits per heavy atom. The Morgan fingerprint density at radius 2 is 1.69 bits per heavy atom. The van der Waals surface area contributed by atoms with Gasteiger partial charge in [-0.25, -0.2) is 9.59 Å². The van der Waals surface area contributed by atoms with Gasteiger partial charge in [0.15, 0.2) is 5.75 Å². The van der Waals surface area contributed by atoms with Crippen molar-refractivity contribution in [2.45, 2.75) is 46.3 Å². The van der Waals surface area contributed by atoms with Gasteiger partial charge in [-0.15, -0.1) is 0 Å². The maximum atomic E-state index is 12.6. The summed E-state index contributed by atoms with van der Waals surface area (Å²) in [6, 6.07) is 13.5. The molecule has 152 valence electrons. The lowest BCUT2D eigenvalue weighted by Gasteiger charge is -2.21. The zero-order valence-corrected chi connectivity index (χ0v) is 17.1. The van der Waals surface area contributed by atoms with E-state index in [1.54, 1.807) is 62.4 Å². The zero-order valence-electron chi connectivity index (χ0n) is 17.1. The molecule has 0 spiro atoms. The molecule has 0 saturated carbocycles. The van der Waals surface area contributed by atoms with Crippen LogP contribution in [0.15, 0.2) is 57.7 Å². The molecule has 2 aromatic carbocycles. The molecule has 0 saturated heterocycles. The highest BCUT2D eigenvalue weighted by atomic mass is 16.6. The van der Waals surface area contributed by atoms with Crippen molar-refractivity contribution in [3.63, 3.8) is 0 Å². The highest BCUT2D eigenvalue weighted by Gasteiger charge is 2.23. The van der Waals surface area contributed by atoms with Crippen molar-refractivity contribution in [1.29, 1.82) is 0 Å². The molecule has 0 bridgehead atoms. The Morgan fingerprint density at radius 1 is 1.00 bits per heavy atom. The van der Waals surface area contributed by atoms with Gasteiger partial charge in [0.2, 0.25) is 5.75 Å².